The Hall–Kier alpha value is -0.136. The molecule has 2 atom stereocenters. The van der Waals surface area contributed by atoms with Gasteiger partial charge in [-0.25, -0.2) is 0 Å². The van der Waals surface area contributed by atoms with Crippen LogP contribution in [0, 0.1) is 5.92 Å². The van der Waals surface area contributed by atoms with E-state index in [-0.39, 0.29) is 12.1 Å². The summed E-state index contributed by atoms with van der Waals surface area (Å²) in [6.07, 6.45) is 9.07. The maximum Gasteiger partial charge on any atom is 0.295 e. The van der Waals surface area contributed by atoms with E-state index < -0.39 is 16.6 Å². The first-order chi connectivity index (χ1) is 10.9. The highest BCUT2D eigenvalue weighted by molar-refractivity contribution is 6.71. The quantitative estimate of drug-likeness (QED) is 0.278. The van der Waals surface area contributed by atoms with Crippen molar-refractivity contribution in [3.8, 4) is 0 Å². The molecule has 0 rings (SSSR count). The lowest BCUT2D eigenvalue weighted by atomic mass is 9.99. The highest BCUT2D eigenvalue weighted by Gasteiger charge is 2.26. The number of rotatable bonds is 13. The predicted octanol–water partition coefficient (Wildman–Crippen LogP) is 6.36. The zero-order valence-corrected chi connectivity index (χ0v) is 19.5. The molecule has 0 N–H and O–H groups in total. The standard InChI is InChI=1S/C19H42O3Si2/c1-9-17(2)14-12-10-11-13-15-18(21-23(3,4)5)16-19(20)22-24(6,7)8/h17-18H,9-16H2,1-8H3. The average Bonchev–Trinajstić information content (AvgIpc) is 2.38. The van der Waals surface area contributed by atoms with Crippen LogP contribution >= 0.6 is 0 Å². The molecule has 144 valence electrons. The van der Waals surface area contributed by atoms with Crippen LogP contribution in [-0.4, -0.2) is 28.7 Å². The van der Waals surface area contributed by atoms with Crippen LogP contribution in [-0.2, 0) is 13.6 Å². The number of hydrogen-bond donors (Lipinski definition) is 0. The predicted molar refractivity (Wildman–Crippen MR) is 109 cm³/mol. The van der Waals surface area contributed by atoms with Crippen molar-refractivity contribution in [2.75, 3.05) is 0 Å². The van der Waals surface area contributed by atoms with Crippen LogP contribution in [0.3, 0.4) is 0 Å². The molecule has 0 bridgehead atoms. The molecule has 0 aromatic heterocycles. The monoisotopic (exact) mass is 374 g/mol. The van der Waals surface area contributed by atoms with E-state index in [0.29, 0.717) is 6.42 Å². The summed E-state index contributed by atoms with van der Waals surface area (Å²) in [6, 6.07) is 0. The van der Waals surface area contributed by atoms with Crippen molar-refractivity contribution < 1.29 is 13.6 Å². The third-order valence-electron chi connectivity index (χ3n) is 4.00. The van der Waals surface area contributed by atoms with E-state index >= 15 is 0 Å². The Morgan fingerprint density at radius 1 is 0.875 bits per heavy atom. The zero-order valence-electron chi connectivity index (χ0n) is 17.5. The van der Waals surface area contributed by atoms with Gasteiger partial charge >= 0.3 is 0 Å². The molecule has 0 aliphatic rings. The van der Waals surface area contributed by atoms with E-state index in [9.17, 15) is 4.79 Å². The van der Waals surface area contributed by atoms with Crippen molar-refractivity contribution in [3.05, 3.63) is 0 Å². The van der Waals surface area contributed by atoms with E-state index in [1.807, 2.05) is 0 Å². The third kappa shape index (κ3) is 15.4. The minimum absolute atomic E-state index is 0.0371. The maximum absolute atomic E-state index is 12.1. The normalized spacial score (nSPS) is 15.2. The topological polar surface area (TPSA) is 35.5 Å². The van der Waals surface area contributed by atoms with Crippen LogP contribution in [0.1, 0.15) is 65.2 Å². The van der Waals surface area contributed by atoms with Gasteiger partial charge in [0.2, 0.25) is 8.32 Å². The van der Waals surface area contributed by atoms with Crippen molar-refractivity contribution in [3.63, 3.8) is 0 Å². The lowest BCUT2D eigenvalue weighted by Gasteiger charge is -2.27. The zero-order chi connectivity index (χ0) is 18.8. The fraction of sp³-hybridized carbons (Fsp3) is 0.947. The van der Waals surface area contributed by atoms with Gasteiger partial charge in [-0.2, -0.15) is 0 Å². The highest BCUT2D eigenvalue weighted by Crippen LogP contribution is 2.19. The van der Waals surface area contributed by atoms with E-state index in [4.69, 9.17) is 8.85 Å². The smallest absolute Gasteiger partial charge is 0.295 e. The Bertz CT molecular complexity index is 346. The summed E-state index contributed by atoms with van der Waals surface area (Å²) in [5.41, 5.74) is 0. The van der Waals surface area contributed by atoms with Crippen molar-refractivity contribution in [1.29, 1.82) is 0 Å². The molecule has 0 aromatic carbocycles. The summed E-state index contributed by atoms with van der Waals surface area (Å²) in [6.45, 7) is 17.3. The first-order valence-electron chi connectivity index (χ1n) is 9.82. The maximum atomic E-state index is 12.1. The molecular formula is C19H42O3Si2. The van der Waals surface area contributed by atoms with Gasteiger partial charge in [-0.15, -0.1) is 0 Å². The molecule has 0 aliphatic carbocycles. The first kappa shape index (κ1) is 23.9. The summed E-state index contributed by atoms with van der Waals surface area (Å²) in [4.78, 5) is 12.1. The Balaban J connectivity index is 4.21. The molecule has 0 radical (unpaired) electrons. The Morgan fingerprint density at radius 2 is 1.42 bits per heavy atom. The van der Waals surface area contributed by atoms with Gasteiger partial charge in [0.05, 0.1) is 12.5 Å². The second-order valence-electron chi connectivity index (χ2n) is 9.15. The van der Waals surface area contributed by atoms with Gasteiger partial charge in [0.1, 0.15) is 0 Å². The van der Waals surface area contributed by atoms with Crippen molar-refractivity contribution in [2.24, 2.45) is 5.92 Å². The first-order valence-corrected chi connectivity index (χ1v) is 16.6. The minimum atomic E-state index is -1.80. The van der Waals surface area contributed by atoms with Crippen molar-refractivity contribution in [1.82, 2.24) is 0 Å². The molecule has 0 saturated carbocycles. The molecule has 0 fully saturated rings. The average molecular weight is 375 g/mol. The van der Waals surface area contributed by atoms with Gasteiger partial charge in [-0.3, -0.25) is 4.79 Å². The molecule has 5 heteroatoms. The molecule has 2 unspecified atom stereocenters. The Morgan fingerprint density at radius 3 is 1.88 bits per heavy atom. The van der Waals surface area contributed by atoms with Crippen LogP contribution < -0.4 is 0 Å². The molecule has 0 aromatic rings. The van der Waals surface area contributed by atoms with Crippen molar-refractivity contribution in [2.45, 2.75) is 111 Å². The van der Waals surface area contributed by atoms with Crippen molar-refractivity contribution >= 4 is 22.6 Å². The molecule has 24 heavy (non-hydrogen) atoms. The molecule has 0 heterocycles. The lowest BCUT2D eigenvalue weighted by molar-refractivity contribution is -0.137. The Labute approximate surface area is 153 Å². The number of carbonyl (C=O) groups is 1. The summed E-state index contributed by atoms with van der Waals surface area (Å²) in [5.74, 6) is 0.776. The minimum Gasteiger partial charge on any atom is -0.520 e. The van der Waals surface area contributed by atoms with E-state index in [2.05, 4.69) is 53.1 Å². The second-order valence-corrected chi connectivity index (χ2v) is 18.0. The van der Waals surface area contributed by atoms with Crippen LogP contribution in [0.4, 0.5) is 0 Å². The number of hydrogen-bond acceptors (Lipinski definition) is 3. The van der Waals surface area contributed by atoms with E-state index in [0.717, 1.165) is 18.8 Å². The second kappa shape index (κ2) is 11.5. The summed E-state index contributed by atoms with van der Waals surface area (Å²) >= 11 is 0. The summed E-state index contributed by atoms with van der Waals surface area (Å²) in [5, 5.41) is 0. The summed E-state index contributed by atoms with van der Waals surface area (Å²) in [7, 11) is -3.44. The number of unbranched alkanes of at least 4 members (excludes halogenated alkanes) is 3. The van der Waals surface area contributed by atoms with Gasteiger partial charge < -0.3 is 8.85 Å². The molecular weight excluding hydrogens is 332 g/mol. The van der Waals surface area contributed by atoms with Gasteiger partial charge in [-0.1, -0.05) is 52.4 Å². The molecule has 0 amide bonds. The molecule has 0 saturated heterocycles. The molecule has 0 spiro atoms. The van der Waals surface area contributed by atoms with Gasteiger partial charge in [0.25, 0.3) is 5.97 Å². The number of carbonyl (C=O) groups excluding carboxylic acids is 1. The van der Waals surface area contributed by atoms with E-state index in [1.54, 1.807) is 0 Å². The van der Waals surface area contributed by atoms with E-state index in [1.165, 1.54) is 32.1 Å². The fourth-order valence-electron chi connectivity index (χ4n) is 2.69. The summed E-state index contributed by atoms with van der Waals surface area (Å²) < 4.78 is 11.8. The third-order valence-corrected chi connectivity index (χ3v) is 5.89. The largest absolute Gasteiger partial charge is 0.520 e. The Kier molecular flexibility index (Phi) is 11.4. The SMILES string of the molecule is CCC(C)CCCCCCC(CC(=O)O[Si](C)(C)C)O[Si](C)(C)C. The molecule has 0 aliphatic heterocycles. The van der Waals surface area contributed by atoms with Gasteiger partial charge in [-0.05, 0) is 51.6 Å². The van der Waals surface area contributed by atoms with Crippen LogP contribution in [0.25, 0.3) is 0 Å². The van der Waals surface area contributed by atoms with Crippen LogP contribution in [0.15, 0.2) is 0 Å². The van der Waals surface area contributed by atoms with Gasteiger partial charge in [0.15, 0.2) is 8.32 Å². The van der Waals surface area contributed by atoms with Crippen LogP contribution in [0.5, 0.6) is 0 Å². The lowest BCUT2D eigenvalue weighted by Crippen LogP contribution is -2.36. The van der Waals surface area contributed by atoms with Gasteiger partial charge in [0, 0.05) is 0 Å². The highest BCUT2D eigenvalue weighted by atomic mass is 28.4. The van der Waals surface area contributed by atoms with Crippen LogP contribution in [0.2, 0.25) is 39.3 Å². The molecule has 3 nitrogen and oxygen atoms in total. The fourth-order valence-corrected chi connectivity index (χ4v) is 4.66.